The molecule has 0 fully saturated rings. The van der Waals surface area contributed by atoms with E-state index in [-0.39, 0.29) is 11.7 Å². The Labute approximate surface area is 134 Å². The average molecular weight is 333 g/mol. The fraction of sp³-hybridized carbons (Fsp3) is 0.0625. The largest absolute Gasteiger partial charge is 0.360 e. The second kappa shape index (κ2) is 6.34. The fourth-order valence-electron chi connectivity index (χ4n) is 2.18. The molecule has 0 bridgehead atoms. The highest BCUT2D eigenvalue weighted by Crippen LogP contribution is 2.22. The summed E-state index contributed by atoms with van der Waals surface area (Å²) in [6.45, 7) is 0. The van der Waals surface area contributed by atoms with Crippen LogP contribution in [0.3, 0.4) is 0 Å². The molecule has 22 heavy (non-hydrogen) atoms. The Morgan fingerprint density at radius 3 is 2.68 bits per heavy atom. The maximum atomic E-state index is 12.4. The molecule has 1 unspecified atom stereocenters. The zero-order valence-corrected chi connectivity index (χ0v) is 13.1. The Balaban J connectivity index is 1.74. The van der Waals surface area contributed by atoms with E-state index >= 15 is 0 Å². The Hall–Kier alpha value is -2.11. The van der Waals surface area contributed by atoms with Crippen LogP contribution in [0.4, 0.5) is 5.69 Å². The number of hydrogen-bond donors (Lipinski definition) is 2. The number of aromatic nitrogens is 1. The number of fused-ring (bicyclic) bond motifs is 1. The number of nitrogens with one attached hydrogen (secondary N) is 2. The van der Waals surface area contributed by atoms with E-state index in [4.69, 9.17) is 11.6 Å². The average Bonchev–Trinajstić information content (AvgIpc) is 2.93. The second-order valence-corrected chi connectivity index (χ2v) is 6.54. The molecule has 0 aliphatic carbocycles. The van der Waals surface area contributed by atoms with Crippen molar-refractivity contribution in [1.29, 1.82) is 0 Å². The van der Waals surface area contributed by atoms with Gasteiger partial charge in [-0.3, -0.25) is 9.00 Å². The molecule has 0 aliphatic rings. The lowest BCUT2D eigenvalue weighted by Gasteiger charge is -2.06. The second-order valence-electron chi connectivity index (χ2n) is 4.72. The van der Waals surface area contributed by atoms with Crippen LogP contribution in [-0.4, -0.2) is 20.9 Å². The summed E-state index contributed by atoms with van der Waals surface area (Å²) in [6, 6.07) is 14.5. The van der Waals surface area contributed by atoms with Crippen LogP contribution in [0.2, 0.25) is 5.02 Å². The number of halogens is 1. The number of H-pyrrole nitrogens is 1. The van der Waals surface area contributed by atoms with Gasteiger partial charge in [0.1, 0.15) is 5.75 Å². The quantitative estimate of drug-likeness (QED) is 0.767. The Kier molecular flexibility index (Phi) is 4.27. The minimum absolute atomic E-state index is 0.118. The zero-order chi connectivity index (χ0) is 15.5. The highest BCUT2D eigenvalue weighted by Gasteiger charge is 2.15. The molecule has 1 heterocycles. The van der Waals surface area contributed by atoms with Gasteiger partial charge < -0.3 is 10.3 Å². The molecule has 0 saturated heterocycles. The van der Waals surface area contributed by atoms with Gasteiger partial charge in [-0.15, -0.1) is 0 Å². The van der Waals surface area contributed by atoms with Gasteiger partial charge in [-0.25, -0.2) is 0 Å². The maximum Gasteiger partial charge on any atom is 0.237 e. The highest BCUT2D eigenvalue weighted by molar-refractivity contribution is 7.86. The summed E-state index contributed by atoms with van der Waals surface area (Å²) < 4.78 is 12.4. The van der Waals surface area contributed by atoms with Crippen LogP contribution in [0.15, 0.2) is 59.6 Å². The van der Waals surface area contributed by atoms with Gasteiger partial charge in [0.25, 0.3) is 0 Å². The normalized spacial score (nSPS) is 12.2. The van der Waals surface area contributed by atoms with Crippen molar-refractivity contribution in [2.24, 2.45) is 0 Å². The Morgan fingerprint density at radius 1 is 1.14 bits per heavy atom. The van der Waals surface area contributed by atoms with Crippen molar-refractivity contribution in [3.63, 3.8) is 0 Å². The van der Waals surface area contributed by atoms with Crippen LogP contribution in [0, 0.1) is 0 Å². The standard InChI is InChI=1S/C16H13ClN2O2S/c17-12-6-2-4-8-14(12)19-16(20)10-22(21)15-9-18-13-7-3-1-5-11(13)15/h1-9,18H,10H2,(H,19,20). The molecule has 3 rings (SSSR count). The molecule has 0 saturated carbocycles. The third-order valence-electron chi connectivity index (χ3n) is 3.21. The first kappa shape index (κ1) is 14.8. The number of amides is 1. The molecular weight excluding hydrogens is 320 g/mol. The van der Waals surface area contributed by atoms with E-state index in [0.29, 0.717) is 15.6 Å². The van der Waals surface area contributed by atoms with Gasteiger partial charge in [-0.1, -0.05) is 41.9 Å². The SMILES string of the molecule is O=C(CS(=O)c1c[nH]c2ccccc12)Nc1ccccc1Cl. The number of rotatable bonds is 4. The summed E-state index contributed by atoms with van der Waals surface area (Å²) >= 11 is 5.99. The summed E-state index contributed by atoms with van der Waals surface area (Å²) in [5.74, 6) is -0.454. The smallest absolute Gasteiger partial charge is 0.237 e. The van der Waals surface area contributed by atoms with E-state index in [9.17, 15) is 9.00 Å². The molecule has 0 radical (unpaired) electrons. The first-order valence-electron chi connectivity index (χ1n) is 6.64. The van der Waals surface area contributed by atoms with Gasteiger partial charge in [0.15, 0.2) is 0 Å². The molecule has 0 spiro atoms. The van der Waals surface area contributed by atoms with E-state index in [2.05, 4.69) is 10.3 Å². The van der Waals surface area contributed by atoms with Crippen molar-refractivity contribution in [2.45, 2.75) is 4.90 Å². The van der Waals surface area contributed by atoms with Gasteiger partial charge in [-0.2, -0.15) is 0 Å². The molecule has 3 aromatic rings. The van der Waals surface area contributed by atoms with E-state index in [1.165, 1.54) is 0 Å². The number of hydrogen-bond acceptors (Lipinski definition) is 2. The summed E-state index contributed by atoms with van der Waals surface area (Å²) in [7, 11) is -1.42. The Morgan fingerprint density at radius 2 is 1.86 bits per heavy atom. The van der Waals surface area contributed by atoms with Gasteiger partial charge in [0, 0.05) is 17.1 Å². The van der Waals surface area contributed by atoms with Gasteiger partial charge >= 0.3 is 0 Å². The lowest BCUT2D eigenvalue weighted by molar-refractivity contribution is -0.113. The zero-order valence-electron chi connectivity index (χ0n) is 11.5. The molecule has 6 heteroatoms. The number of aromatic amines is 1. The molecule has 112 valence electrons. The monoisotopic (exact) mass is 332 g/mol. The van der Waals surface area contributed by atoms with Crippen molar-refractivity contribution in [1.82, 2.24) is 4.98 Å². The number of para-hydroxylation sites is 2. The van der Waals surface area contributed by atoms with Crippen molar-refractivity contribution in [2.75, 3.05) is 11.1 Å². The van der Waals surface area contributed by atoms with Crippen molar-refractivity contribution in [3.05, 3.63) is 59.8 Å². The Bertz CT molecular complexity index is 860. The first-order valence-corrected chi connectivity index (χ1v) is 8.34. The molecule has 0 aliphatic heterocycles. The highest BCUT2D eigenvalue weighted by atomic mass is 35.5. The van der Waals surface area contributed by atoms with E-state index in [1.807, 2.05) is 24.3 Å². The van der Waals surface area contributed by atoms with Crippen LogP contribution in [0.1, 0.15) is 0 Å². The third-order valence-corrected chi connectivity index (χ3v) is 4.89. The minimum Gasteiger partial charge on any atom is -0.360 e. The first-order chi connectivity index (χ1) is 10.6. The molecule has 1 atom stereocenters. The number of benzene rings is 2. The lowest BCUT2D eigenvalue weighted by atomic mass is 10.2. The molecular formula is C16H13ClN2O2S. The van der Waals surface area contributed by atoms with Gasteiger partial charge in [0.2, 0.25) is 5.91 Å². The van der Waals surface area contributed by atoms with Crippen molar-refractivity contribution >= 4 is 44.9 Å². The topological polar surface area (TPSA) is 62.0 Å². The van der Waals surface area contributed by atoms with Gasteiger partial charge in [-0.05, 0) is 18.2 Å². The third kappa shape index (κ3) is 3.05. The molecule has 2 aromatic carbocycles. The number of carbonyl (C=O) groups excluding carboxylic acids is 1. The lowest BCUT2D eigenvalue weighted by Crippen LogP contribution is -2.19. The molecule has 4 nitrogen and oxygen atoms in total. The van der Waals surface area contributed by atoms with Crippen molar-refractivity contribution in [3.8, 4) is 0 Å². The van der Waals surface area contributed by atoms with Crippen LogP contribution < -0.4 is 5.32 Å². The fourth-order valence-corrected chi connectivity index (χ4v) is 3.44. The van der Waals surface area contributed by atoms with Gasteiger partial charge in [0.05, 0.1) is 26.4 Å². The number of carbonyl (C=O) groups is 1. The van der Waals surface area contributed by atoms with E-state index in [1.54, 1.807) is 30.5 Å². The van der Waals surface area contributed by atoms with Crippen LogP contribution in [-0.2, 0) is 15.6 Å². The van der Waals surface area contributed by atoms with E-state index in [0.717, 1.165) is 10.9 Å². The van der Waals surface area contributed by atoms with Crippen LogP contribution in [0.5, 0.6) is 0 Å². The summed E-state index contributed by atoms with van der Waals surface area (Å²) in [4.78, 5) is 15.7. The predicted octanol–water partition coefficient (Wildman–Crippen LogP) is 3.57. The summed E-state index contributed by atoms with van der Waals surface area (Å²) in [5, 5.41) is 4.00. The minimum atomic E-state index is -1.42. The molecule has 2 N–H and O–H groups in total. The molecule has 1 amide bonds. The maximum absolute atomic E-state index is 12.4. The summed E-state index contributed by atoms with van der Waals surface area (Å²) in [5.41, 5.74) is 1.42. The van der Waals surface area contributed by atoms with Crippen molar-refractivity contribution < 1.29 is 9.00 Å². The van der Waals surface area contributed by atoms with Crippen LogP contribution in [0.25, 0.3) is 10.9 Å². The molecule has 1 aromatic heterocycles. The van der Waals surface area contributed by atoms with E-state index < -0.39 is 10.8 Å². The number of anilines is 1. The summed E-state index contributed by atoms with van der Waals surface area (Å²) in [6.07, 6.45) is 1.68. The van der Waals surface area contributed by atoms with Crippen LogP contribution >= 0.6 is 11.6 Å². The predicted molar refractivity (Wildman–Crippen MR) is 89.7 cm³/mol.